The van der Waals surface area contributed by atoms with Crippen LogP contribution in [-0.4, -0.2) is 30.2 Å². The number of ether oxygens (including phenoxy) is 1. The molecule has 8 heteroatoms. The van der Waals surface area contributed by atoms with Gasteiger partial charge in [0, 0.05) is 23.9 Å². The Morgan fingerprint density at radius 1 is 1.40 bits per heavy atom. The van der Waals surface area contributed by atoms with Gasteiger partial charge in [0.2, 0.25) is 5.43 Å². The SMILES string of the molecule is Cn1c2c(=O)c3c(sc2n2nnnc12)COC(C)(C)C3. The maximum Gasteiger partial charge on any atom is 0.255 e. The van der Waals surface area contributed by atoms with Crippen molar-refractivity contribution in [2.24, 2.45) is 7.05 Å². The molecule has 0 fully saturated rings. The molecule has 0 saturated heterocycles. The average Bonchev–Trinajstić information content (AvgIpc) is 2.95. The Kier molecular flexibility index (Phi) is 2.18. The molecule has 0 atom stereocenters. The van der Waals surface area contributed by atoms with Crippen LogP contribution in [-0.2, 0) is 24.8 Å². The molecule has 0 amide bonds. The van der Waals surface area contributed by atoms with Crippen LogP contribution < -0.4 is 5.43 Å². The van der Waals surface area contributed by atoms with E-state index in [0.717, 1.165) is 15.3 Å². The van der Waals surface area contributed by atoms with Crippen LogP contribution in [0.4, 0.5) is 0 Å². The molecule has 0 spiro atoms. The minimum atomic E-state index is -0.294. The Morgan fingerprint density at radius 3 is 3.00 bits per heavy atom. The fraction of sp³-hybridized carbons (Fsp3) is 0.500. The zero-order chi connectivity index (χ0) is 14.1. The molecule has 7 nitrogen and oxygen atoms in total. The van der Waals surface area contributed by atoms with Gasteiger partial charge < -0.3 is 9.30 Å². The van der Waals surface area contributed by atoms with Crippen molar-refractivity contribution in [3.8, 4) is 0 Å². The van der Waals surface area contributed by atoms with Gasteiger partial charge in [-0.05, 0) is 24.3 Å². The first-order valence-corrected chi connectivity index (χ1v) is 7.15. The lowest BCUT2D eigenvalue weighted by Gasteiger charge is -2.30. The summed E-state index contributed by atoms with van der Waals surface area (Å²) in [7, 11) is 1.82. The van der Waals surface area contributed by atoms with E-state index < -0.39 is 0 Å². The molecule has 0 N–H and O–H groups in total. The number of aryl methyl sites for hydroxylation is 1. The normalized spacial score (nSPS) is 17.8. The predicted octanol–water partition coefficient (Wildman–Crippen LogP) is 0.889. The smallest absolute Gasteiger partial charge is 0.255 e. The highest BCUT2D eigenvalue weighted by Gasteiger charge is 2.30. The van der Waals surface area contributed by atoms with E-state index in [1.807, 2.05) is 20.9 Å². The molecule has 0 bridgehead atoms. The van der Waals surface area contributed by atoms with Crippen LogP contribution in [0, 0.1) is 0 Å². The van der Waals surface area contributed by atoms with Crippen molar-refractivity contribution >= 4 is 27.5 Å². The van der Waals surface area contributed by atoms with Gasteiger partial charge in [-0.25, -0.2) is 0 Å². The van der Waals surface area contributed by atoms with Gasteiger partial charge in [-0.1, -0.05) is 5.10 Å². The third-order valence-corrected chi connectivity index (χ3v) is 4.90. The minimum absolute atomic E-state index is 0.0555. The quantitative estimate of drug-likeness (QED) is 0.615. The second-order valence-electron chi connectivity index (χ2n) is 5.66. The van der Waals surface area contributed by atoms with Crippen LogP contribution in [0.1, 0.15) is 24.3 Å². The second-order valence-corrected chi connectivity index (χ2v) is 6.75. The van der Waals surface area contributed by atoms with Crippen molar-refractivity contribution in [1.29, 1.82) is 0 Å². The second kappa shape index (κ2) is 3.64. The molecule has 0 unspecified atom stereocenters. The van der Waals surface area contributed by atoms with Gasteiger partial charge in [-0.2, -0.15) is 4.52 Å². The van der Waals surface area contributed by atoms with Crippen molar-refractivity contribution in [3.63, 3.8) is 0 Å². The monoisotopic (exact) mass is 291 g/mol. The van der Waals surface area contributed by atoms with Crippen molar-refractivity contribution in [1.82, 2.24) is 24.6 Å². The maximum absolute atomic E-state index is 12.8. The summed E-state index contributed by atoms with van der Waals surface area (Å²) < 4.78 is 9.17. The number of tetrazole rings is 1. The van der Waals surface area contributed by atoms with Gasteiger partial charge in [0.05, 0.1) is 12.2 Å². The zero-order valence-corrected chi connectivity index (χ0v) is 12.2. The van der Waals surface area contributed by atoms with Crippen molar-refractivity contribution in [2.45, 2.75) is 32.5 Å². The summed E-state index contributed by atoms with van der Waals surface area (Å²) in [6.45, 7) is 4.48. The van der Waals surface area contributed by atoms with Crippen LogP contribution >= 0.6 is 11.3 Å². The Labute approximate surface area is 117 Å². The van der Waals surface area contributed by atoms with E-state index in [-0.39, 0.29) is 11.0 Å². The number of rotatable bonds is 0. The summed E-state index contributed by atoms with van der Waals surface area (Å²) in [6.07, 6.45) is 0.632. The van der Waals surface area contributed by atoms with E-state index in [0.29, 0.717) is 24.3 Å². The Hall–Kier alpha value is -1.80. The first kappa shape index (κ1) is 12.0. The van der Waals surface area contributed by atoms with Crippen LogP contribution in [0.2, 0.25) is 0 Å². The molecule has 0 aliphatic carbocycles. The van der Waals surface area contributed by atoms with Gasteiger partial charge in [0.1, 0.15) is 5.52 Å². The third-order valence-electron chi connectivity index (χ3n) is 3.73. The van der Waals surface area contributed by atoms with Crippen LogP contribution in [0.15, 0.2) is 4.79 Å². The molecule has 4 heterocycles. The van der Waals surface area contributed by atoms with Gasteiger partial charge >= 0.3 is 0 Å². The molecule has 0 radical (unpaired) electrons. The summed E-state index contributed by atoms with van der Waals surface area (Å²) >= 11 is 1.53. The summed E-state index contributed by atoms with van der Waals surface area (Å²) in [5.41, 5.74) is 1.26. The minimum Gasteiger partial charge on any atom is -0.370 e. The Balaban J connectivity index is 2.14. The zero-order valence-electron chi connectivity index (χ0n) is 11.4. The lowest BCUT2D eigenvalue weighted by Crippen LogP contribution is -2.35. The highest BCUT2D eigenvalue weighted by atomic mass is 32.1. The molecule has 104 valence electrons. The molecule has 4 rings (SSSR count). The molecule has 0 saturated carbocycles. The lowest BCUT2D eigenvalue weighted by atomic mass is 9.95. The first-order chi connectivity index (χ1) is 9.48. The summed E-state index contributed by atoms with van der Waals surface area (Å²) in [5.74, 6) is 0.580. The molecular weight excluding hydrogens is 278 g/mol. The molecular formula is C12H13N5O2S. The van der Waals surface area contributed by atoms with Gasteiger partial charge in [0.15, 0.2) is 4.83 Å². The van der Waals surface area contributed by atoms with Gasteiger partial charge in [-0.3, -0.25) is 4.79 Å². The molecule has 3 aromatic heterocycles. The van der Waals surface area contributed by atoms with Crippen molar-refractivity contribution in [3.05, 3.63) is 20.7 Å². The van der Waals surface area contributed by atoms with Crippen LogP contribution in [0.25, 0.3) is 16.1 Å². The number of fused-ring (bicyclic) bond motifs is 4. The average molecular weight is 291 g/mol. The van der Waals surface area contributed by atoms with E-state index in [1.165, 1.54) is 11.3 Å². The number of hydrogen-bond acceptors (Lipinski definition) is 6. The summed E-state index contributed by atoms with van der Waals surface area (Å²) in [6, 6.07) is 0. The molecule has 1 aliphatic rings. The summed E-state index contributed by atoms with van der Waals surface area (Å²) in [4.78, 5) is 14.5. The number of nitrogens with zero attached hydrogens (tertiary/aromatic N) is 5. The molecule has 1 aliphatic heterocycles. The Bertz CT molecular complexity index is 904. The maximum atomic E-state index is 12.8. The van der Waals surface area contributed by atoms with Crippen LogP contribution in [0.5, 0.6) is 0 Å². The lowest BCUT2D eigenvalue weighted by molar-refractivity contribution is -0.0386. The molecule has 0 aromatic carbocycles. The summed E-state index contributed by atoms with van der Waals surface area (Å²) in [5, 5.41) is 11.6. The highest BCUT2D eigenvalue weighted by molar-refractivity contribution is 7.18. The number of hydrogen-bond donors (Lipinski definition) is 0. The number of aromatic nitrogens is 5. The topological polar surface area (TPSA) is 74.3 Å². The fourth-order valence-corrected chi connectivity index (χ4v) is 3.86. The standard InChI is InChI=1S/C12H13N5O2S/c1-12(2)4-6-7(5-19-12)20-10-8(9(6)18)16(3)11-13-14-15-17(10)11/h4-5H2,1-3H3. The Morgan fingerprint density at radius 2 is 2.20 bits per heavy atom. The largest absolute Gasteiger partial charge is 0.370 e. The van der Waals surface area contributed by atoms with Gasteiger partial charge in [-0.15, -0.1) is 11.3 Å². The fourth-order valence-electron chi connectivity index (χ4n) is 2.69. The number of imidazole rings is 1. The van der Waals surface area contributed by atoms with Gasteiger partial charge in [0.25, 0.3) is 5.78 Å². The van der Waals surface area contributed by atoms with E-state index in [4.69, 9.17) is 4.74 Å². The predicted molar refractivity (Wildman–Crippen MR) is 74.0 cm³/mol. The first-order valence-electron chi connectivity index (χ1n) is 6.33. The van der Waals surface area contributed by atoms with Crippen LogP contribution in [0.3, 0.4) is 0 Å². The van der Waals surface area contributed by atoms with E-state index >= 15 is 0 Å². The molecule has 20 heavy (non-hydrogen) atoms. The van der Waals surface area contributed by atoms with E-state index in [2.05, 4.69) is 15.5 Å². The van der Waals surface area contributed by atoms with E-state index in [1.54, 1.807) is 9.08 Å². The third kappa shape index (κ3) is 1.43. The molecule has 3 aromatic rings. The van der Waals surface area contributed by atoms with E-state index in [9.17, 15) is 4.79 Å². The highest BCUT2D eigenvalue weighted by Crippen LogP contribution is 2.32. The van der Waals surface area contributed by atoms with Crippen molar-refractivity contribution < 1.29 is 4.74 Å². The van der Waals surface area contributed by atoms with Crippen molar-refractivity contribution in [2.75, 3.05) is 0 Å².